The van der Waals surface area contributed by atoms with E-state index in [2.05, 4.69) is 10.6 Å². The summed E-state index contributed by atoms with van der Waals surface area (Å²) in [6.07, 6.45) is 0.943. The molecule has 2 fully saturated rings. The van der Waals surface area contributed by atoms with Crippen LogP contribution in [0.3, 0.4) is 0 Å². The highest BCUT2D eigenvalue weighted by molar-refractivity contribution is 8.29. The van der Waals surface area contributed by atoms with Gasteiger partial charge in [-0.25, -0.2) is 0 Å². The van der Waals surface area contributed by atoms with Gasteiger partial charge in [0.1, 0.15) is 20.1 Å². The van der Waals surface area contributed by atoms with Crippen molar-refractivity contribution in [3.63, 3.8) is 0 Å². The first kappa shape index (κ1) is 29.5. The second kappa shape index (κ2) is 13.3. The molecule has 0 aliphatic carbocycles. The molecule has 2 aliphatic heterocycles. The third-order valence-corrected chi connectivity index (χ3v) is 8.76. The van der Waals surface area contributed by atoms with E-state index in [1.54, 1.807) is 24.3 Å². The Labute approximate surface area is 249 Å². The highest BCUT2D eigenvalue weighted by atomic mass is 32.2. The van der Waals surface area contributed by atoms with Gasteiger partial charge in [0, 0.05) is 49.4 Å². The zero-order valence-electron chi connectivity index (χ0n) is 20.9. The molecule has 0 bridgehead atoms. The van der Waals surface area contributed by atoms with Crippen LogP contribution in [0.4, 0.5) is 11.4 Å². The second-order valence-electron chi connectivity index (χ2n) is 8.71. The zero-order chi connectivity index (χ0) is 28.8. The maximum absolute atomic E-state index is 13.1. The Morgan fingerprint density at radius 2 is 1.12 bits per heavy atom. The number of benzene rings is 2. The number of carbonyl (C=O) groups is 4. The molecule has 2 saturated heterocycles. The summed E-state index contributed by atoms with van der Waals surface area (Å²) in [7, 11) is 0. The number of anilines is 2. The first-order valence-electron chi connectivity index (χ1n) is 12.1. The Balaban J connectivity index is 1.28. The molecule has 0 atom stereocenters. The SMILES string of the molecule is O=C(CCCN1C(=O)C(=C2SC(=S)N(CCCC(=O)Nc3cccc(O)c3)C2=O)SC1=S)Nc1cccc(O)c1. The van der Waals surface area contributed by atoms with Crippen LogP contribution in [0.15, 0.2) is 58.3 Å². The number of thioether (sulfide) groups is 2. The fourth-order valence-corrected chi connectivity index (χ4v) is 6.64. The topological polar surface area (TPSA) is 139 Å². The number of thiocarbonyl (C=S) groups is 2. The molecule has 14 heteroatoms. The lowest BCUT2D eigenvalue weighted by atomic mass is 10.2. The van der Waals surface area contributed by atoms with E-state index >= 15 is 0 Å². The lowest BCUT2D eigenvalue weighted by molar-refractivity contribution is -0.124. The van der Waals surface area contributed by atoms with Gasteiger partial charge < -0.3 is 20.8 Å². The molecule has 0 radical (unpaired) electrons. The highest BCUT2D eigenvalue weighted by Crippen LogP contribution is 2.42. The van der Waals surface area contributed by atoms with Gasteiger partial charge >= 0.3 is 0 Å². The van der Waals surface area contributed by atoms with Crippen molar-refractivity contribution in [2.45, 2.75) is 25.7 Å². The van der Waals surface area contributed by atoms with Crippen LogP contribution in [0.25, 0.3) is 0 Å². The Bertz CT molecular complexity index is 1320. The van der Waals surface area contributed by atoms with Gasteiger partial charge in [0.2, 0.25) is 11.8 Å². The van der Waals surface area contributed by atoms with Crippen LogP contribution in [0.5, 0.6) is 11.5 Å². The largest absolute Gasteiger partial charge is 0.508 e. The number of rotatable bonds is 10. The van der Waals surface area contributed by atoms with Crippen LogP contribution in [-0.4, -0.2) is 65.4 Å². The molecule has 10 nitrogen and oxygen atoms in total. The fourth-order valence-electron chi connectivity index (χ4n) is 3.87. The first-order chi connectivity index (χ1) is 19.1. The molecule has 0 unspecified atom stereocenters. The van der Waals surface area contributed by atoms with Gasteiger partial charge in [-0.05, 0) is 37.1 Å². The standard InChI is InChI=1S/C26H24N4O6S4/c31-17-7-1-5-15(13-17)27-19(33)9-3-11-29-23(35)21(39-25(29)37)22-24(36)30(26(38)40-22)12-4-10-20(34)28-16-6-2-8-18(32)14-16/h1-2,5-8,13-14,31-32H,3-4,9-12H2,(H,27,33)(H,28,34). The van der Waals surface area contributed by atoms with E-state index in [4.69, 9.17) is 24.4 Å². The molecule has 0 spiro atoms. The minimum atomic E-state index is -0.408. The van der Waals surface area contributed by atoms with Crippen molar-refractivity contribution >= 4 is 91.6 Å². The lowest BCUT2D eigenvalue weighted by Crippen LogP contribution is -2.31. The summed E-state index contributed by atoms with van der Waals surface area (Å²) in [6.45, 7) is 0.409. The second-order valence-corrected chi connectivity index (χ2v) is 12.0. The van der Waals surface area contributed by atoms with E-state index in [-0.39, 0.29) is 59.1 Å². The molecule has 40 heavy (non-hydrogen) atoms. The Morgan fingerprint density at radius 3 is 1.50 bits per heavy atom. The average molecular weight is 617 g/mol. The van der Waals surface area contributed by atoms with Crippen molar-refractivity contribution in [3.05, 3.63) is 58.3 Å². The molecule has 2 aliphatic rings. The quantitative estimate of drug-likeness (QED) is 0.227. The summed E-state index contributed by atoms with van der Waals surface area (Å²) in [6, 6.07) is 12.4. The molecule has 2 heterocycles. The Morgan fingerprint density at radius 1 is 0.725 bits per heavy atom. The number of aromatic hydroxyl groups is 2. The number of hydrogen-bond acceptors (Lipinski definition) is 10. The maximum atomic E-state index is 13.1. The normalized spacial score (nSPS) is 17.1. The predicted molar refractivity (Wildman–Crippen MR) is 163 cm³/mol. The molecular formula is C26H24N4O6S4. The lowest BCUT2D eigenvalue weighted by Gasteiger charge is -2.14. The number of carbonyl (C=O) groups excluding carboxylic acids is 4. The van der Waals surface area contributed by atoms with Crippen LogP contribution in [0, 0.1) is 0 Å². The van der Waals surface area contributed by atoms with Crippen molar-refractivity contribution in [1.29, 1.82) is 0 Å². The summed E-state index contributed by atoms with van der Waals surface area (Å²) in [4.78, 5) is 53.8. The van der Waals surface area contributed by atoms with E-state index in [0.717, 1.165) is 23.5 Å². The number of nitrogens with one attached hydrogen (secondary N) is 2. The van der Waals surface area contributed by atoms with Gasteiger partial charge in [-0.2, -0.15) is 0 Å². The van der Waals surface area contributed by atoms with Gasteiger partial charge in [-0.1, -0.05) is 60.1 Å². The van der Waals surface area contributed by atoms with Crippen molar-refractivity contribution in [3.8, 4) is 11.5 Å². The molecule has 4 rings (SSSR count). The fraction of sp³-hybridized carbons (Fsp3) is 0.231. The first-order valence-corrected chi connectivity index (χ1v) is 14.6. The Kier molecular flexibility index (Phi) is 9.79. The number of phenols is 2. The zero-order valence-corrected chi connectivity index (χ0v) is 24.2. The van der Waals surface area contributed by atoms with Gasteiger partial charge in [0.05, 0.1) is 9.81 Å². The van der Waals surface area contributed by atoms with E-state index in [1.165, 1.54) is 34.1 Å². The number of hydrogen-bond donors (Lipinski definition) is 4. The van der Waals surface area contributed by atoms with E-state index < -0.39 is 11.8 Å². The van der Waals surface area contributed by atoms with Crippen molar-refractivity contribution in [2.75, 3.05) is 23.7 Å². The molecule has 2 aromatic carbocycles. The van der Waals surface area contributed by atoms with E-state index in [1.807, 2.05) is 0 Å². The van der Waals surface area contributed by atoms with E-state index in [0.29, 0.717) is 32.9 Å². The highest BCUT2D eigenvalue weighted by Gasteiger charge is 2.41. The van der Waals surface area contributed by atoms with Crippen LogP contribution in [0.2, 0.25) is 0 Å². The smallest absolute Gasteiger partial charge is 0.267 e. The molecule has 0 aromatic heterocycles. The van der Waals surface area contributed by atoms with Gasteiger partial charge in [0.15, 0.2) is 0 Å². The predicted octanol–water partition coefficient (Wildman–Crippen LogP) is 4.17. The summed E-state index contributed by atoms with van der Waals surface area (Å²) in [5, 5.41) is 24.4. The van der Waals surface area contributed by atoms with Crippen molar-refractivity contribution in [2.24, 2.45) is 0 Å². The van der Waals surface area contributed by atoms with Crippen LogP contribution in [-0.2, 0) is 19.2 Å². The summed E-state index contributed by atoms with van der Waals surface area (Å²) < 4.78 is 0.588. The van der Waals surface area contributed by atoms with E-state index in [9.17, 15) is 29.4 Å². The molecule has 2 aromatic rings. The third kappa shape index (κ3) is 7.38. The monoisotopic (exact) mass is 616 g/mol. The number of amides is 4. The van der Waals surface area contributed by atoms with Gasteiger partial charge in [-0.15, -0.1) is 0 Å². The molecule has 4 amide bonds. The molecular weight excluding hydrogens is 593 g/mol. The van der Waals surface area contributed by atoms with Crippen LogP contribution < -0.4 is 10.6 Å². The summed E-state index contributed by atoms with van der Waals surface area (Å²) in [5.74, 6) is -1.28. The summed E-state index contributed by atoms with van der Waals surface area (Å²) >= 11 is 12.8. The molecule has 4 N–H and O–H groups in total. The summed E-state index contributed by atoms with van der Waals surface area (Å²) in [5.41, 5.74) is 0.935. The van der Waals surface area contributed by atoms with Crippen molar-refractivity contribution < 1.29 is 29.4 Å². The van der Waals surface area contributed by atoms with Crippen molar-refractivity contribution in [1.82, 2.24) is 9.80 Å². The van der Waals surface area contributed by atoms with Crippen LogP contribution >= 0.6 is 48.0 Å². The Hall–Kier alpha value is -3.46. The average Bonchev–Trinajstić information content (AvgIpc) is 3.33. The molecule has 208 valence electrons. The minimum absolute atomic E-state index is 0.0382. The minimum Gasteiger partial charge on any atom is -0.508 e. The molecule has 0 saturated carbocycles. The van der Waals surface area contributed by atoms with Crippen LogP contribution in [0.1, 0.15) is 25.7 Å². The maximum Gasteiger partial charge on any atom is 0.267 e. The van der Waals surface area contributed by atoms with Gasteiger partial charge in [0.25, 0.3) is 11.8 Å². The third-order valence-electron chi connectivity index (χ3n) is 5.74. The number of phenolic OH excluding ortho intramolecular Hbond substituents is 2. The number of nitrogens with zero attached hydrogens (tertiary/aromatic N) is 2. The van der Waals surface area contributed by atoms with Gasteiger partial charge in [-0.3, -0.25) is 29.0 Å².